The summed E-state index contributed by atoms with van der Waals surface area (Å²) in [6, 6.07) is 9.62. The predicted molar refractivity (Wildman–Crippen MR) is 75.2 cm³/mol. The Morgan fingerprint density at radius 2 is 2.15 bits per heavy atom. The number of hydrogen-bond donors (Lipinski definition) is 2. The normalized spacial score (nSPS) is 13.0. The first kappa shape index (κ1) is 12.6. The van der Waals surface area contributed by atoms with Crippen molar-refractivity contribution in [1.29, 1.82) is 0 Å². The van der Waals surface area contributed by atoms with Gasteiger partial charge in [0.1, 0.15) is 11.9 Å². The van der Waals surface area contributed by atoms with Crippen molar-refractivity contribution >= 4 is 11.5 Å². The third-order valence-corrected chi connectivity index (χ3v) is 3.34. The maximum absolute atomic E-state index is 10.9. The van der Waals surface area contributed by atoms with Crippen LogP contribution in [0.3, 0.4) is 0 Å². The van der Waals surface area contributed by atoms with Crippen LogP contribution in [0.25, 0.3) is 0 Å². The molecule has 0 saturated carbocycles. The highest BCUT2D eigenvalue weighted by atomic mass is 16.6. The first-order chi connectivity index (χ1) is 9.74. The molecule has 2 aromatic rings. The van der Waals surface area contributed by atoms with Crippen molar-refractivity contribution in [2.24, 2.45) is 0 Å². The van der Waals surface area contributed by atoms with Crippen LogP contribution in [0.1, 0.15) is 16.7 Å². The number of nitrogens with one attached hydrogen (secondary N) is 2. The van der Waals surface area contributed by atoms with Crippen molar-refractivity contribution in [3.05, 3.63) is 63.3 Å². The molecule has 0 bridgehead atoms. The van der Waals surface area contributed by atoms with E-state index < -0.39 is 4.92 Å². The molecule has 2 N–H and O–H groups in total. The van der Waals surface area contributed by atoms with Crippen LogP contribution in [0.2, 0.25) is 0 Å². The van der Waals surface area contributed by atoms with Crippen LogP contribution in [0.15, 0.2) is 36.5 Å². The largest absolute Gasteiger partial charge is 0.386 e. The maximum atomic E-state index is 10.9. The molecule has 6 nitrogen and oxygen atoms in total. The lowest BCUT2D eigenvalue weighted by atomic mass is 10.1. The zero-order chi connectivity index (χ0) is 13.9. The Balaban J connectivity index is 1.75. The minimum atomic E-state index is -0.477. The molecule has 1 aliphatic rings. The van der Waals surface area contributed by atoms with Gasteiger partial charge in [0, 0.05) is 19.6 Å². The molecular weight excluding hydrogens is 256 g/mol. The number of hydrogen-bond acceptors (Lipinski definition) is 5. The summed E-state index contributed by atoms with van der Waals surface area (Å²) in [4.78, 5) is 14.2. The molecule has 0 radical (unpaired) electrons. The molecule has 1 aliphatic heterocycles. The van der Waals surface area contributed by atoms with Crippen LogP contribution in [-0.2, 0) is 19.6 Å². The second-order valence-corrected chi connectivity index (χ2v) is 4.69. The minimum Gasteiger partial charge on any atom is -0.374 e. The van der Waals surface area contributed by atoms with Crippen molar-refractivity contribution in [3.63, 3.8) is 0 Å². The average Bonchev–Trinajstić information content (AvgIpc) is 2.92. The number of fused-ring (bicyclic) bond motifs is 1. The maximum Gasteiger partial charge on any atom is 0.386 e. The molecule has 0 fully saturated rings. The molecule has 0 aliphatic carbocycles. The summed E-state index contributed by atoms with van der Waals surface area (Å²) >= 11 is 0. The summed E-state index contributed by atoms with van der Waals surface area (Å²) in [6.07, 6.45) is 1.42. The highest BCUT2D eigenvalue weighted by Gasteiger charge is 2.14. The Kier molecular flexibility index (Phi) is 3.30. The lowest BCUT2D eigenvalue weighted by molar-refractivity contribution is -0.388. The summed E-state index contributed by atoms with van der Waals surface area (Å²) < 4.78 is 0. The number of pyridine rings is 1. The second-order valence-electron chi connectivity index (χ2n) is 4.69. The molecule has 1 aromatic heterocycles. The van der Waals surface area contributed by atoms with Crippen molar-refractivity contribution in [2.75, 3.05) is 5.32 Å². The van der Waals surface area contributed by atoms with Gasteiger partial charge in [0.2, 0.25) is 0 Å². The average molecular weight is 270 g/mol. The van der Waals surface area contributed by atoms with Crippen LogP contribution in [0.4, 0.5) is 11.5 Å². The number of nitrogens with zero attached hydrogens (tertiary/aromatic N) is 2. The first-order valence-electron chi connectivity index (χ1n) is 6.39. The topological polar surface area (TPSA) is 80.1 Å². The first-order valence-corrected chi connectivity index (χ1v) is 6.39. The van der Waals surface area contributed by atoms with Gasteiger partial charge < -0.3 is 20.7 Å². The molecule has 0 unspecified atom stereocenters. The Bertz CT molecular complexity index is 657. The fourth-order valence-electron chi connectivity index (χ4n) is 2.34. The van der Waals surface area contributed by atoms with Gasteiger partial charge in [0.15, 0.2) is 0 Å². The van der Waals surface area contributed by atoms with E-state index in [0.29, 0.717) is 12.2 Å². The van der Waals surface area contributed by atoms with Crippen LogP contribution in [0, 0.1) is 10.1 Å². The zero-order valence-corrected chi connectivity index (χ0v) is 10.8. The van der Waals surface area contributed by atoms with Gasteiger partial charge in [0.05, 0.1) is 0 Å². The van der Waals surface area contributed by atoms with Gasteiger partial charge in [0.25, 0.3) is 0 Å². The Morgan fingerprint density at radius 1 is 1.30 bits per heavy atom. The molecule has 1 aromatic carbocycles. The highest BCUT2D eigenvalue weighted by molar-refractivity contribution is 5.56. The van der Waals surface area contributed by atoms with Gasteiger partial charge in [-0.1, -0.05) is 18.2 Å². The smallest absolute Gasteiger partial charge is 0.374 e. The van der Waals surface area contributed by atoms with Crippen LogP contribution in [0.5, 0.6) is 0 Å². The minimum absolute atomic E-state index is 0.143. The van der Waals surface area contributed by atoms with E-state index in [1.54, 1.807) is 12.1 Å². The summed E-state index contributed by atoms with van der Waals surface area (Å²) in [6.45, 7) is 2.34. The van der Waals surface area contributed by atoms with E-state index in [-0.39, 0.29) is 5.82 Å². The number of nitro groups is 1. The van der Waals surface area contributed by atoms with E-state index in [2.05, 4.69) is 27.8 Å². The Morgan fingerprint density at radius 3 is 3.00 bits per heavy atom. The standard InChI is InChI=1S/C14H14N4O2/c19-18(20)14-13(2-1-5-16-14)17-7-10-3-4-11-8-15-9-12(11)6-10/h1-6,15,17H,7-9H2. The van der Waals surface area contributed by atoms with Crippen molar-refractivity contribution in [3.8, 4) is 0 Å². The van der Waals surface area contributed by atoms with E-state index in [0.717, 1.165) is 18.7 Å². The van der Waals surface area contributed by atoms with Gasteiger partial charge in [-0.3, -0.25) is 0 Å². The predicted octanol–water partition coefficient (Wildman–Crippen LogP) is 2.21. The fourth-order valence-corrected chi connectivity index (χ4v) is 2.34. The van der Waals surface area contributed by atoms with Gasteiger partial charge in [-0.05, 0) is 38.7 Å². The molecule has 3 rings (SSSR count). The summed E-state index contributed by atoms with van der Waals surface area (Å²) in [5, 5.41) is 17.3. The van der Waals surface area contributed by atoms with E-state index >= 15 is 0 Å². The van der Waals surface area contributed by atoms with Crippen molar-refractivity contribution in [1.82, 2.24) is 10.3 Å². The molecule has 102 valence electrons. The fraction of sp³-hybridized carbons (Fsp3) is 0.214. The quantitative estimate of drug-likeness (QED) is 0.657. The highest BCUT2D eigenvalue weighted by Crippen LogP contribution is 2.22. The van der Waals surface area contributed by atoms with Gasteiger partial charge in [-0.15, -0.1) is 0 Å². The summed E-state index contributed by atoms with van der Waals surface area (Å²) in [5.41, 5.74) is 4.16. The third kappa shape index (κ3) is 2.46. The van der Waals surface area contributed by atoms with E-state index in [1.165, 1.54) is 17.3 Å². The molecule has 0 spiro atoms. The lowest BCUT2D eigenvalue weighted by Gasteiger charge is -2.08. The number of aromatic nitrogens is 1. The Labute approximate surface area is 116 Å². The third-order valence-electron chi connectivity index (χ3n) is 3.34. The van der Waals surface area contributed by atoms with E-state index in [1.807, 2.05) is 6.07 Å². The van der Waals surface area contributed by atoms with Crippen molar-refractivity contribution < 1.29 is 4.92 Å². The Hall–Kier alpha value is -2.47. The molecular formula is C14H14N4O2. The summed E-state index contributed by atoms with van der Waals surface area (Å²) in [5.74, 6) is -0.143. The molecule has 20 heavy (non-hydrogen) atoms. The molecule has 6 heteroatoms. The lowest BCUT2D eigenvalue weighted by Crippen LogP contribution is -2.04. The van der Waals surface area contributed by atoms with Gasteiger partial charge >= 0.3 is 5.82 Å². The summed E-state index contributed by atoms with van der Waals surface area (Å²) in [7, 11) is 0. The molecule has 0 saturated heterocycles. The van der Waals surface area contributed by atoms with Gasteiger partial charge in [-0.25, -0.2) is 0 Å². The van der Waals surface area contributed by atoms with Crippen LogP contribution >= 0.6 is 0 Å². The number of anilines is 1. The zero-order valence-electron chi connectivity index (χ0n) is 10.8. The number of rotatable bonds is 4. The van der Waals surface area contributed by atoms with Crippen LogP contribution < -0.4 is 10.6 Å². The van der Waals surface area contributed by atoms with Crippen molar-refractivity contribution in [2.45, 2.75) is 19.6 Å². The number of benzene rings is 1. The SMILES string of the molecule is O=[N+]([O-])c1ncccc1NCc1ccc2c(c1)CNC2. The van der Waals surface area contributed by atoms with Gasteiger partial charge in [-0.2, -0.15) is 0 Å². The molecule has 2 heterocycles. The molecule has 0 atom stereocenters. The second kappa shape index (κ2) is 5.26. The van der Waals surface area contributed by atoms with E-state index in [9.17, 15) is 10.1 Å². The monoisotopic (exact) mass is 270 g/mol. The van der Waals surface area contributed by atoms with E-state index in [4.69, 9.17) is 0 Å². The van der Waals surface area contributed by atoms with Crippen LogP contribution in [-0.4, -0.2) is 9.91 Å². The molecule has 0 amide bonds.